The van der Waals surface area contributed by atoms with Gasteiger partial charge in [-0.1, -0.05) is 80.7 Å². The van der Waals surface area contributed by atoms with Gasteiger partial charge < -0.3 is 37.2 Å². The number of hydrogen-bond donors (Lipinski definition) is 5. The number of halogens is 1. The van der Waals surface area contributed by atoms with E-state index in [0.717, 1.165) is 96.6 Å². The van der Waals surface area contributed by atoms with Gasteiger partial charge in [-0.25, -0.2) is 4.39 Å². The molecule has 1 spiro atoms. The number of nitrogens with zero attached hydrogens (tertiary/aromatic N) is 3. The fourth-order valence-corrected chi connectivity index (χ4v) is 10.2. The molecule has 0 bridgehead atoms. The predicted molar refractivity (Wildman–Crippen MR) is 231 cm³/mol. The number of carbonyl (C=O) groups is 4. The van der Waals surface area contributed by atoms with Crippen molar-refractivity contribution < 1.29 is 23.6 Å². The summed E-state index contributed by atoms with van der Waals surface area (Å²) in [5.74, 6) is -0.722. The first-order chi connectivity index (χ1) is 27.4. The summed E-state index contributed by atoms with van der Waals surface area (Å²) in [6, 6.07) is -2.67. The molecule has 0 aromatic heterocycles. The molecule has 2 heterocycles. The maximum atomic E-state index is 14.8. The summed E-state index contributed by atoms with van der Waals surface area (Å²) in [7, 11) is 0. The van der Waals surface area contributed by atoms with Gasteiger partial charge in [-0.3, -0.25) is 24.2 Å². The molecular weight excluding hydrogens is 736 g/mol. The van der Waals surface area contributed by atoms with Crippen molar-refractivity contribution in [2.75, 3.05) is 32.7 Å². The second kappa shape index (κ2) is 21.0. The van der Waals surface area contributed by atoms with Crippen LogP contribution in [0.15, 0.2) is 17.1 Å². The van der Waals surface area contributed by atoms with Gasteiger partial charge >= 0.3 is 0 Å². The molecule has 5 aliphatic rings. The minimum absolute atomic E-state index is 0.0686. The summed E-state index contributed by atoms with van der Waals surface area (Å²) in [6.45, 7) is 22.3. The molecule has 12 nitrogen and oxygen atoms in total. The summed E-state index contributed by atoms with van der Waals surface area (Å²) in [5.41, 5.74) is 11.0. The summed E-state index contributed by atoms with van der Waals surface area (Å²) >= 11 is 0. The molecule has 0 radical (unpaired) electrons. The van der Waals surface area contributed by atoms with Crippen LogP contribution in [0.2, 0.25) is 0 Å². The second-order valence-electron chi connectivity index (χ2n) is 19.7. The Kier molecular flexibility index (Phi) is 17.2. The van der Waals surface area contributed by atoms with Crippen LogP contribution in [0.1, 0.15) is 145 Å². The molecule has 13 heteroatoms. The van der Waals surface area contributed by atoms with E-state index in [-0.39, 0.29) is 46.4 Å². The summed E-state index contributed by atoms with van der Waals surface area (Å²) in [6.07, 6.45) is 14.1. The lowest BCUT2D eigenvalue weighted by Crippen LogP contribution is -2.59. The number of carbonyl (C=O) groups excluding carboxylic acids is 4. The largest absolute Gasteiger partial charge is 0.390 e. The number of amides is 4. The molecule has 5 rings (SSSR count). The number of hydrogen-bond acceptors (Lipinski definition) is 7. The minimum Gasteiger partial charge on any atom is -0.390 e. The third-order valence-corrected chi connectivity index (χ3v) is 13.9. The number of nitrogens with one attached hydrogen (secondary N) is 3. The molecule has 2 saturated heterocycles. The third kappa shape index (κ3) is 11.8. The van der Waals surface area contributed by atoms with E-state index < -0.39 is 35.8 Å². The molecule has 4 amide bonds. The fourth-order valence-electron chi connectivity index (χ4n) is 10.2. The SMILES string of the molecule is C=C(C(=O)NC1CC1)[C@H](CCC)NC(=O)[C@@H]1C[C@]2(CN1C(=O)[C@@H](NC(=O)C(N=CN)C1CCCCC1)C(C)(C)C)C(CCCN)C2(C)C.CCCN1CCC[C@H](F)C1. The van der Waals surface area contributed by atoms with Crippen molar-refractivity contribution in [1.29, 1.82) is 0 Å². The van der Waals surface area contributed by atoms with Crippen molar-refractivity contribution >= 4 is 30.0 Å². The third-order valence-electron chi connectivity index (χ3n) is 13.9. The van der Waals surface area contributed by atoms with Crippen LogP contribution in [-0.4, -0.2) is 109 Å². The summed E-state index contributed by atoms with van der Waals surface area (Å²) in [4.78, 5) is 64.3. The lowest BCUT2D eigenvalue weighted by molar-refractivity contribution is -0.144. The van der Waals surface area contributed by atoms with Crippen molar-refractivity contribution in [3.63, 3.8) is 0 Å². The van der Waals surface area contributed by atoms with Crippen LogP contribution < -0.4 is 27.4 Å². The molecule has 0 aromatic rings. The molecule has 330 valence electrons. The quantitative estimate of drug-likeness (QED) is 0.0744. The van der Waals surface area contributed by atoms with E-state index in [4.69, 9.17) is 11.5 Å². The van der Waals surface area contributed by atoms with E-state index in [1.54, 1.807) is 4.90 Å². The lowest BCUT2D eigenvalue weighted by Gasteiger charge is -2.37. The Bertz CT molecular complexity index is 1440. The normalized spacial score (nSPS) is 27.6. The minimum atomic E-state index is -0.885. The smallest absolute Gasteiger partial charge is 0.248 e. The molecule has 5 fully saturated rings. The highest BCUT2D eigenvalue weighted by atomic mass is 19.1. The van der Waals surface area contributed by atoms with Crippen LogP contribution in [0.3, 0.4) is 0 Å². The van der Waals surface area contributed by atoms with Crippen molar-refractivity contribution in [3.05, 3.63) is 12.2 Å². The second-order valence-corrected chi connectivity index (χ2v) is 19.7. The molecule has 2 unspecified atom stereocenters. The van der Waals surface area contributed by atoms with Crippen molar-refractivity contribution in [2.24, 2.45) is 44.5 Å². The van der Waals surface area contributed by atoms with Gasteiger partial charge in [0.2, 0.25) is 23.6 Å². The molecule has 0 aromatic carbocycles. The van der Waals surface area contributed by atoms with Gasteiger partial charge in [0.15, 0.2) is 0 Å². The van der Waals surface area contributed by atoms with E-state index in [0.29, 0.717) is 44.0 Å². The molecule has 7 atom stereocenters. The Morgan fingerprint density at radius 1 is 1.00 bits per heavy atom. The first-order valence-corrected chi connectivity index (χ1v) is 22.7. The van der Waals surface area contributed by atoms with E-state index in [2.05, 4.69) is 53.2 Å². The number of rotatable bonds is 17. The Labute approximate surface area is 349 Å². The van der Waals surface area contributed by atoms with E-state index in [1.807, 2.05) is 27.7 Å². The Hall–Kier alpha value is -3.06. The first-order valence-electron chi connectivity index (χ1n) is 22.7. The maximum Gasteiger partial charge on any atom is 0.248 e. The van der Waals surface area contributed by atoms with Gasteiger partial charge in [-0.05, 0) is 118 Å². The number of aliphatic imine (C=N–C) groups is 1. The van der Waals surface area contributed by atoms with Gasteiger partial charge in [0.05, 0.1) is 12.4 Å². The first kappa shape index (κ1) is 47.6. The lowest BCUT2D eigenvalue weighted by atomic mass is 9.82. The highest BCUT2D eigenvalue weighted by molar-refractivity contribution is 5.97. The zero-order chi connectivity index (χ0) is 42.8. The van der Waals surface area contributed by atoms with Gasteiger partial charge in [0.25, 0.3) is 0 Å². The highest BCUT2D eigenvalue weighted by Crippen LogP contribution is 2.75. The van der Waals surface area contributed by atoms with Crippen LogP contribution in [0.4, 0.5) is 4.39 Å². The Balaban J connectivity index is 0.000000648. The van der Waals surface area contributed by atoms with Crippen molar-refractivity contribution in [1.82, 2.24) is 25.8 Å². The highest BCUT2D eigenvalue weighted by Gasteiger charge is 2.74. The van der Waals surface area contributed by atoms with E-state index in [9.17, 15) is 23.6 Å². The van der Waals surface area contributed by atoms with Crippen LogP contribution >= 0.6 is 0 Å². The molecule has 7 N–H and O–H groups in total. The molecular formula is C45H79FN8O4. The van der Waals surface area contributed by atoms with Gasteiger partial charge in [-0.15, -0.1) is 0 Å². The van der Waals surface area contributed by atoms with Crippen molar-refractivity contribution in [3.8, 4) is 0 Å². The van der Waals surface area contributed by atoms with Crippen LogP contribution in [0, 0.1) is 28.1 Å². The van der Waals surface area contributed by atoms with Gasteiger partial charge in [0.1, 0.15) is 24.3 Å². The van der Waals surface area contributed by atoms with Crippen LogP contribution in [-0.2, 0) is 19.2 Å². The fraction of sp³-hybridized carbons (Fsp3) is 0.844. The van der Waals surface area contributed by atoms with Crippen LogP contribution in [0.25, 0.3) is 0 Å². The number of likely N-dealkylation sites (tertiary alicyclic amines) is 2. The maximum absolute atomic E-state index is 14.8. The van der Waals surface area contributed by atoms with E-state index >= 15 is 0 Å². The average Bonchev–Trinajstić information content (AvgIpc) is 4.01. The Morgan fingerprint density at radius 2 is 1.69 bits per heavy atom. The van der Waals surface area contributed by atoms with Gasteiger partial charge in [-0.2, -0.15) is 0 Å². The molecule has 3 saturated carbocycles. The zero-order valence-electron chi connectivity index (χ0n) is 37.1. The summed E-state index contributed by atoms with van der Waals surface area (Å²) < 4.78 is 12.7. The van der Waals surface area contributed by atoms with Crippen LogP contribution in [0.5, 0.6) is 0 Å². The van der Waals surface area contributed by atoms with Crippen molar-refractivity contribution in [2.45, 2.75) is 181 Å². The monoisotopic (exact) mass is 815 g/mol. The standard InChI is InChI=1S/C37H63N7O4.C8H16FN/c1-8-13-26(23(2)31(45)41-25-17-18-25)42-32(46)27-20-37(28(16-12-19-38)36(37,6)7)21-44(27)34(48)30(35(3,4)5)43-33(47)29(40-22-39)24-14-10-9-11-15-24;1-2-5-10-6-3-4-8(9)7-10/h22,24-30H,2,8-21,38H2,1,3-7H3,(H2,39,40)(H,41,45)(H,42,46)(H,43,47);8H,2-7H2,1H3/t26-,27-,28?,29?,30+,37-;8-/m00/s1. The zero-order valence-corrected chi connectivity index (χ0v) is 37.1. The Morgan fingerprint density at radius 3 is 2.26 bits per heavy atom. The number of piperidine rings is 1. The number of alkyl halides is 1. The number of nitrogens with two attached hydrogens (primary N) is 2. The summed E-state index contributed by atoms with van der Waals surface area (Å²) in [5, 5.41) is 9.22. The predicted octanol–water partition coefficient (Wildman–Crippen LogP) is 5.39. The average molecular weight is 815 g/mol. The topological polar surface area (TPSA) is 175 Å². The molecule has 58 heavy (non-hydrogen) atoms. The molecule has 3 aliphatic carbocycles. The van der Waals surface area contributed by atoms with Gasteiger partial charge in [0, 0.05) is 24.7 Å². The van der Waals surface area contributed by atoms with E-state index in [1.165, 1.54) is 6.34 Å². The molecule has 2 aliphatic heterocycles.